The number of aliphatic imine (C=N–C) groups is 1. The number of aromatic nitrogens is 3. The van der Waals surface area contributed by atoms with E-state index in [2.05, 4.69) is 39.3 Å². The van der Waals surface area contributed by atoms with Crippen molar-refractivity contribution in [2.75, 3.05) is 13.1 Å². The molecule has 0 aliphatic rings. The molecule has 0 aliphatic heterocycles. The Morgan fingerprint density at radius 2 is 2.10 bits per heavy atom. The lowest BCUT2D eigenvalue weighted by Crippen LogP contribution is -2.38. The summed E-state index contributed by atoms with van der Waals surface area (Å²) < 4.78 is 1.95. The van der Waals surface area contributed by atoms with E-state index in [4.69, 9.17) is 0 Å². The molecule has 0 bridgehead atoms. The van der Waals surface area contributed by atoms with Crippen LogP contribution in [0, 0.1) is 6.92 Å². The minimum absolute atomic E-state index is 0.513. The van der Waals surface area contributed by atoms with Gasteiger partial charge in [-0.3, -0.25) is 0 Å². The van der Waals surface area contributed by atoms with E-state index >= 15 is 0 Å². The molecule has 1 rings (SSSR count). The lowest BCUT2D eigenvalue weighted by molar-refractivity contribution is 0.647. The van der Waals surface area contributed by atoms with Crippen LogP contribution < -0.4 is 10.6 Å². The third-order valence-electron chi connectivity index (χ3n) is 3.30. The van der Waals surface area contributed by atoms with Gasteiger partial charge in [-0.1, -0.05) is 32.3 Å². The molecule has 0 aliphatic carbocycles. The van der Waals surface area contributed by atoms with E-state index in [9.17, 15) is 0 Å². The summed E-state index contributed by atoms with van der Waals surface area (Å²) in [6.45, 7) is 10.0. The fraction of sp³-hybridized carbons (Fsp3) is 0.667. The normalized spacial score (nSPS) is 11.5. The molecular formula is C15H28N6. The Hall–Kier alpha value is -1.85. The number of hydrogen-bond donors (Lipinski definition) is 2. The molecule has 0 atom stereocenters. The molecule has 0 unspecified atom stereocenters. The van der Waals surface area contributed by atoms with Crippen LogP contribution in [0.2, 0.25) is 0 Å². The summed E-state index contributed by atoms with van der Waals surface area (Å²) >= 11 is 0. The number of nitrogens with zero attached hydrogens (tertiary/aromatic N) is 4. The standard InChI is InChI=1S/C15H28N6/c1-5-7-8-9-11-17-15(16-10-6-2)18-12-14-20-19-13(3)21(14)4/h6H,2,5,7-12H2,1,3-4H3,(H2,16,17,18). The van der Waals surface area contributed by atoms with Crippen LogP contribution >= 0.6 is 0 Å². The minimum atomic E-state index is 0.513. The van der Waals surface area contributed by atoms with Gasteiger partial charge in [-0.2, -0.15) is 0 Å². The van der Waals surface area contributed by atoms with Crippen molar-refractivity contribution < 1.29 is 0 Å². The number of nitrogens with one attached hydrogen (secondary N) is 2. The van der Waals surface area contributed by atoms with Gasteiger partial charge in [0.15, 0.2) is 11.8 Å². The molecule has 1 heterocycles. The van der Waals surface area contributed by atoms with Crippen LogP contribution in [0.15, 0.2) is 17.6 Å². The predicted octanol–water partition coefficient (Wildman–Crippen LogP) is 1.93. The summed E-state index contributed by atoms with van der Waals surface area (Å²) in [5, 5.41) is 14.7. The van der Waals surface area contributed by atoms with Crippen LogP contribution in [-0.2, 0) is 13.6 Å². The molecule has 0 spiro atoms. The van der Waals surface area contributed by atoms with Gasteiger partial charge >= 0.3 is 0 Å². The maximum atomic E-state index is 4.55. The first kappa shape index (κ1) is 17.2. The van der Waals surface area contributed by atoms with Crippen molar-refractivity contribution in [1.82, 2.24) is 25.4 Å². The molecule has 118 valence electrons. The summed E-state index contributed by atoms with van der Waals surface area (Å²) in [5.74, 6) is 2.55. The van der Waals surface area contributed by atoms with Gasteiger partial charge in [0.1, 0.15) is 12.4 Å². The third-order valence-corrected chi connectivity index (χ3v) is 3.30. The molecule has 1 aromatic rings. The zero-order chi connectivity index (χ0) is 15.5. The monoisotopic (exact) mass is 292 g/mol. The molecule has 0 fully saturated rings. The van der Waals surface area contributed by atoms with Crippen LogP contribution in [0.5, 0.6) is 0 Å². The number of aryl methyl sites for hydroxylation is 1. The van der Waals surface area contributed by atoms with Crippen LogP contribution in [-0.4, -0.2) is 33.8 Å². The fourth-order valence-electron chi connectivity index (χ4n) is 1.84. The van der Waals surface area contributed by atoms with Gasteiger partial charge in [0, 0.05) is 20.1 Å². The van der Waals surface area contributed by atoms with Gasteiger partial charge in [-0.25, -0.2) is 4.99 Å². The van der Waals surface area contributed by atoms with Gasteiger partial charge in [0.2, 0.25) is 0 Å². The second kappa shape index (κ2) is 9.96. The minimum Gasteiger partial charge on any atom is -0.356 e. The van der Waals surface area contributed by atoms with Crippen LogP contribution in [0.4, 0.5) is 0 Å². The van der Waals surface area contributed by atoms with E-state index in [0.717, 1.165) is 30.6 Å². The SMILES string of the molecule is C=CCNC(=NCc1nnc(C)n1C)NCCCCCC. The Morgan fingerprint density at radius 3 is 2.71 bits per heavy atom. The highest BCUT2D eigenvalue weighted by atomic mass is 15.3. The van der Waals surface area contributed by atoms with Gasteiger partial charge in [-0.05, 0) is 13.3 Å². The van der Waals surface area contributed by atoms with Crippen molar-refractivity contribution >= 4 is 5.96 Å². The average molecular weight is 292 g/mol. The molecule has 0 saturated heterocycles. The smallest absolute Gasteiger partial charge is 0.191 e. The average Bonchev–Trinajstić information content (AvgIpc) is 2.80. The Balaban J connectivity index is 2.49. The van der Waals surface area contributed by atoms with Crippen molar-refractivity contribution in [1.29, 1.82) is 0 Å². The zero-order valence-electron chi connectivity index (χ0n) is 13.5. The second-order valence-corrected chi connectivity index (χ2v) is 5.04. The molecule has 0 aromatic carbocycles. The van der Waals surface area contributed by atoms with Crippen molar-refractivity contribution in [3.8, 4) is 0 Å². The summed E-state index contributed by atoms with van der Waals surface area (Å²) in [5.41, 5.74) is 0. The summed E-state index contributed by atoms with van der Waals surface area (Å²) in [6.07, 6.45) is 6.76. The highest BCUT2D eigenvalue weighted by Crippen LogP contribution is 1.99. The van der Waals surface area contributed by atoms with Crippen LogP contribution in [0.3, 0.4) is 0 Å². The van der Waals surface area contributed by atoms with Crippen LogP contribution in [0.1, 0.15) is 44.3 Å². The van der Waals surface area contributed by atoms with E-state index in [1.165, 1.54) is 19.3 Å². The lowest BCUT2D eigenvalue weighted by atomic mass is 10.2. The van der Waals surface area contributed by atoms with E-state index in [-0.39, 0.29) is 0 Å². The van der Waals surface area contributed by atoms with Gasteiger partial charge < -0.3 is 15.2 Å². The number of rotatable bonds is 9. The summed E-state index contributed by atoms with van der Waals surface area (Å²) in [4.78, 5) is 4.55. The first-order chi connectivity index (χ1) is 10.2. The quantitative estimate of drug-likeness (QED) is 0.316. The highest BCUT2D eigenvalue weighted by molar-refractivity contribution is 5.79. The molecule has 21 heavy (non-hydrogen) atoms. The maximum absolute atomic E-state index is 4.55. The number of guanidine groups is 1. The van der Waals surface area contributed by atoms with Gasteiger partial charge in [-0.15, -0.1) is 16.8 Å². The van der Waals surface area contributed by atoms with E-state index in [0.29, 0.717) is 13.1 Å². The first-order valence-electron chi connectivity index (χ1n) is 7.67. The van der Waals surface area contributed by atoms with Crippen molar-refractivity contribution in [2.24, 2.45) is 12.0 Å². The molecule has 0 saturated carbocycles. The molecule has 0 radical (unpaired) electrons. The topological polar surface area (TPSA) is 67.1 Å². The molecule has 0 amide bonds. The van der Waals surface area contributed by atoms with E-state index in [1.807, 2.05) is 24.6 Å². The molecule has 1 aromatic heterocycles. The molecular weight excluding hydrogens is 264 g/mol. The highest BCUT2D eigenvalue weighted by Gasteiger charge is 2.04. The summed E-state index contributed by atoms with van der Waals surface area (Å²) in [7, 11) is 1.95. The van der Waals surface area contributed by atoms with Crippen molar-refractivity contribution in [3.63, 3.8) is 0 Å². The predicted molar refractivity (Wildman–Crippen MR) is 87.2 cm³/mol. The maximum Gasteiger partial charge on any atom is 0.191 e. The Labute approximate surface area is 127 Å². The van der Waals surface area contributed by atoms with Crippen LogP contribution in [0.25, 0.3) is 0 Å². The van der Waals surface area contributed by atoms with Gasteiger partial charge in [0.05, 0.1) is 0 Å². The largest absolute Gasteiger partial charge is 0.356 e. The van der Waals surface area contributed by atoms with E-state index in [1.54, 1.807) is 0 Å². The Bertz CT molecular complexity index is 449. The molecule has 6 nitrogen and oxygen atoms in total. The van der Waals surface area contributed by atoms with Crippen molar-refractivity contribution in [2.45, 2.75) is 46.1 Å². The lowest BCUT2D eigenvalue weighted by Gasteiger charge is -2.11. The number of hydrogen-bond acceptors (Lipinski definition) is 3. The first-order valence-corrected chi connectivity index (χ1v) is 7.67. The van der Waals surface area contributed by atoms with Gasteiger partial charge in [0.25, 0.3) is 0 Å². The van der Waals surface area contributed by atoms with E-state index < -0.39 is 0 Å². The second-order valence-electron chi connectivity index (χ2n) is 5.04. The number of unbranched alkanes of at least 4 members (excludes halogenated alkanes) is 3. The third kappa shape index (κ3) is 6.42. The molecule has 6 heteroatoms. The fourth-order valence-corrected chi connectivity index (χ4v) is 1.84. The summed E-state index contributed by atoms with van der Waals surface area (Å²) in [6, 6.07) is 0. The Morgan fingerprint density at radius 1 is 1.29 bits per heavy atom. The zero-order valence-corrected chi connectivity index (χ0v) is 13.5. The molecule has 2 N–H and O–H groups in total. The van der Waals surface area contributed by atoms with Crippen molar-refractivity contribution in [3.05, 3.63) is 24.3 Å². The Kier molecular flexibility index (Phi) is 8.16.